The van der Waals surface area contributed by atoms with E-state index in [1.165, 1.54) is 6.07 Å². The molecule has 0 unspecified atom stereocenters. The van der Waals surface area contributed by atoms with Gasteiger partial charge in [-0.2, -0.15) is 0 Å². The Morgan fingerprint density at radius 1 is 1.50 bits per heavy atom. The Balaban J connectivity index is 3.03. The van der Waals surface area contributed by atoms with Crippen LogP contribution in [0.25, 0.3) is 0 Å². The number of sulfonamides is 1. The van der Waals surface area contributed by atoms with Crippen molar-refractivity contribution in [2.75, 3.05) is 0 Å². The van der Waals surface area contributed by atoms with E-state index in [1.807, 2.05) is 6.92 Å². The lowest BCUT2D eigenvalue weighted by atomic mass is 10.2. The molecule has 8 heteroatoms. The van der Waals surface area contributed by atoms with Crippen molar-refractivity contribution in [2.24, 2.45) is 5.73 Å². The minimum Gasteiger partial charge on any atom is -0.375 e. The molecule has 4 N–H and O–H groups in total. The Labute approximate surface area is 108 Å². The van der Waals surface area contributed by atoms with Gasteiger partial charge in [0.1, 0.15) is 0 Å². The van der Waals surface area contributed by atoms with Crippen LogP contribution in [-0.2, 0) is 10.0 Å². The van der Waals surface area contributed by atoms with E-state index in [0.717, 1.165) is 5.56 Å². The SMILES string of the molecule is Cc1ccc(S(=O)(=O)NNC(N)=S)c(Br)c1. The summed E-state index contributed by atoms with van der Waals surface area (Å²) in [6, 6.07) is 4.89. The first kappa shape index (κ1) is 13.4. The van der Waals surface area contributed by atoms with E-state index in [4.69, 9.17) is 5.73 Å². The number of hydrazine groups is 1. The van der Waals surface area contributed by atoms with Crippen LogP contribution in [0.5, 0.6) is 0 Å². The van der Waals surface area contributed by atoms with Crippen molar-refractivity contribution in [3.05, 3.63) is 28.2 Å². The lowest BCUT2D eigenvalue weighted by Crippen LogP contribution is -2.44. The van der Waals surface area contributed by atoms with Crippen LogP contribution in [0.15, 0.2) is 27.6 Å². The number of thiocarbonyl (C=S) groups is 1. The molecule has 88 valence electrons. The van der Waals surface area contributed by atoms with Crippen LogP contribution in [0, 0.1) is 6.92 Å². The number of nitrogens with two attached hydrogens (primary N) is 1. The highest BCUT2D eigenvalue weighted by molar-refractivity contribution is 9.10. The van der Waals surface area contributed by atoms with Crippen molar-refractivity contribution in [3.63, 3.8) is 0 Å². The third-order valence-electron chi connectivity index (χ3n) is 1.69. The topological polar surface area (TPSA) is 84.2 Å². The van der Waals surface area contributed by atoms with Gasteiger partial charge in [0.2, 0.25) is 0 Å². The van der Waals surface area contributed by atoms with E-state index in [9.17, 15) is 8.42 Å². The van der Waals surface area contributed by atoms with Crippen molar-refractivity contribution >= 4 is 43.3 Å². The Hall–Kier alpha value is -0.700. The zero-order valence-electron chi connectivity index (χ0n) is 8.32. The summed E-state index contributed by atoms with van der Waals surface area (Å²) < 4.78 is 24.0. The molecule has 0 radical (unpaired) electrons. The maximum atomic E-state index is 11.7. The van der Waals surface area contributed by atoms with E-state index in [2.05, 4.69) is 38.4 Å². The number of nitrogens with one attached hydrogen (secondary N) is 2. The molecule has 0 aliphatic carbocycles. The minimum atomic E-state index is -3.68. The molecule has 0 bridgehead atoms. The second-order valence-electron chi connectivity index (χ2n) is 3.03. The molecule has 0 heterocycles. The van der Waals surface area contributed by atoms with Crippen molar-refractivity contribution in [1.29, 1.82) is 0 Å². The number of aryl methyl sites for hydroxylation is 1. The second-order valence-corrected chi connectivity index (χ2v) is 5.97. The highest BCUT2D eigenvalue weighted by Gasteiger charge is 2.17. The van der Waals surface area contributed by atoms with E-state index in [-0.39, 0.29) is 10.0 Å². The highest BCUT2D eigenvalue weighted by atomic mass is 79.9. The summed E-state index contributed by atoms with van der Waals surface area (Å²) in [5, 5.41) is -0.146. The van der Waals surface area contributed by atoms with Crippen molar-refractivity contribution in [1.82, 2.24) is 10.3 Å². The number of rotatable bonds is 3. The minimum absolute atomic E-state index is 0.113. The van der Waals surface area contributed by atoms with Crippen LogP contribution >= 0.6 is 28.1 Å². The highest BCUT2D eigenvalue weighted by Crippen LogP contribution is 2.22. The summed E-state index contributed by atoms with van der Waals surface area (Å²) in [7, 11) is -3.68. The predicted octanol–water partition coefficient (Wildman–Crippen LogP) is 0.784. The van der Waals surface area contributed by atoms with Gasteiger partial charge >= 0.3 is 0 Å². The van der Waals surface area contributed by atoms with Crippen LogP contribution < -0.4 is 16.0 Å². The van der Waals surface area contributed by atoms with E-state index in [1.54, 1.807) is 12.1 Å². The summed E-state index contributed by atoms with van der Waals surface area (Å²) in [6.45, 7) is 1.86. The van der Waals surface area contributed by atoms with Crippen LogP contribution in [0.4, 0.5) is 0 Å². The van der Waals surface area contributed by atoms with Crippen molar-refractivity contribution < 1.29 is 8.42 Å². The third kappa shape index (κ3) is 3.41. The lowest BCUT2D eigenvalue weighted by molar-refractivity contribution is 0.577. The molecule has 5 nitrogen and oxygen atoms in total. The summed E-state index contributed by atoms with van der Waals surface area (Å²) >= 11 is 7.67. The first-order valence-electron chi connectivity index (χ1n) is 4.16. The van der Waals surface area contributed by atoms with Gasteiger partial charge in [-0.25, -0.2) is 8.42 Å². The van der Waals surface area contributed by atoms with Gasteiger partial charge < -0.3 is 5.73 Å². The largest absolute Gasteiger partial charge is 0.375 e. The van der Waals surface area contributed by atoms with Gasteiger partial charge in [-0.15, -0.1) is 4.83 Å². The van der Waals surface area contributed by atoms with Crippen molar-refractivity contribution in [2.45, 2.75) is 11.8 Å². The third-order valence-corrected chi connectivity index (χ3v) is 4.01. The quantitative estimate of drug-likeness (QED) is 0.565. The molecule has 0 saturated heterocycles. The number of hydrogen-bond acceptors (Lipinski definition) is 3. The molecule has 0 aromatic heterocycles. The summed E-state index contributed by atoms with van der Waals surface area (Å²) in [5.41, 5.74) is 8.25. The Bertz CT molecular complexity index is 516. The maximum absolute atomic E-state index is 11.7. The molecule has 0 aliphatic rings. The Morgan fingerprint density at radius 3 is 2.62 bits per heavy atom. The van der Waals surface area contributed by atoms with Gasteiger partial charge in [0.15, 0.2) is 5.11 Å². The second kappa shape index (κ2) is 5.09. The van der Waals surface area contributed by atoms with E-state index in [0.29, 0.717) is 4.47 Å². The fourth-order valence-electron chi connectivity index (χ4n) is 0.996. The average molecular weight is 324 g/mol. The first-order valence-corrected chi connectivity index (χ1v) is 6.85. The summed E-state index contributed by atoms with van der Waals surface area (Å²) in [5.74, 6) is 0. The summed E-state index contributed by atoms with van der Waals surface area (Å²) in [4.78, 5) is 2.17. The zero-order valence-corrected chi connectivity index (χ0v) is 11.5. The van der Waals surface area contributed by atoms with Gasteiger partial charge in [0.25, 0.3) is 10.0 Å². The van der Waals surface area contributed by atoms with Gasteiger partial charge in [0, 0.05) is 4.47 Å². The van der Waals surface area contributed by atoms with Crippen LogP contribution in [0.2, 0.25) is 0 Å². The van der Waals surface area contributed by atoms with Crippen LogP contribution in [0.3, 0.4) is 0 Å². The molecule has 0 fully saturated rings. The van der Waals surface area contributed by atoms with Gasteiger partial charge in [0.05, 0.1) is 4.90 Å². The molecular formula is C8H10BrN3O2S2. The Kier molecular flexibility index (Phi) is 4.25. The molecule has 0 amide bonds. The predicted molar refractivity (Wildman–Crippen MR) is 69.1 cm³/mol. The number of benzene rings is 1. The van der Waals surface area contributed by atoms with Crippen LogP contribution in [-0.4, -0.2) is 13.5 Å². The number of halogens is 1. The van der Waals surface area contributed by atoms with Gasteiger partial charge in [-0.1, -0.05) is 6.07 Å². The number of hydrogen-bond donors (Lipinski definition) is 3. The average Bonchev–Trinajstić information content (AvgIpc) is 2.14. The Morgan fingerprint density at radius 2 is 2.12 bits per heavy atom. The normalized spacial score (nSPS) is 11.1. The smallest absolute Gasteiger partial charge is 0.258 e. The monoisotopic (exact) mass is 323 g/mol. The lowest BCUT2D eigenvalue weighted by Gasteiger charge is -2.09. The first-order chi connectivity index (χ1) is 7.33. The van der Waals surface area contributed by atoms with Gasteiger partial charge in [-0.05, 0) is 52.8 Å². The molecule has 16 heavy (non-hydrogen) atoms. The molecule has 0 spiro atoms. The maximum Gasteiger partial charge on any atom is 0.258 e. The molecule has 1 aromatic rings. The van der Waals surface area contributed by atoms with Gasteiger partial charge in [-0.3, -0.25) is 5.43 Å². The fourth-order valence-corrected chi connectivity index (χ4v) is 3.16. The molecule has 0 saturated carbocycles. The molecule has 1 aromatic carbocycles. The van der Waals surface area contributed by atoms with Crippen LogP contribution in [0.1, 0.15) is 5.56 Å². The molecule has 0 aliphatic heterocycles. The van der Waals surface area contributed by atoms with E-state index < -0.39 is 10.0 Å². The van der Waals surface area contributed by atoms with Crippen molar-refractivity contribution in [3.8, 4) is 0 Å². The zero-order chi connectivity index (χ0) is 12.3. The molecule has 0 atom stereocenters. The summed E-state index contributed by atoms with van der Waals surface area (Å²) in [6.07, 6.45) is 0. The van der Waals surface area contributed by atoms with E-state index >= 15 is 0 Å². The molecular weight excluding hydrogens is 314 g/mol. The molecule has 1 rings (SSSR count). The standard InChI is InChI=1S/C8H10BrN3O2S2/c1-5-2-3-7(6(9)4-5)16(13,14)12-11-8(10)15/h2-4,12H,1H3,(H3,10,11,15). The fraction of sp³-hybridized carbons (Fsp3) is 0.125.